The number of hydrogen-bond acceptors (Lipinski definition) is 3. The summed E-state index contributed by atoms with van der Waals surface area (Å²) in [5.74, 6) is -0.404. The predicted octanol–water partition coefficient (Wildman–Crippen LogP) is 1.97. The standard InChI is InChI=1S/C17H17NO3/c1-18-14-10-6-5-9-13(14)17(21,16(18)20)11-15(19)12-7-3-2-4-8-12/h2-10,15,19,21H,11H2,1H3. The van der Waals surface area contributed by atoms with Gasteiger partial charge in [-0.1, -0.05) is 48.5 Å². The molecule has 1 aliphatic rings. The largest absolute Gasteiger partial charge is 0.388 e. The predicted molar refractivity (Wildman–Crippen MR) is 79.8 cm³/mol. The van der Waals surface area contributed by atoms with Gasteiger partial charge in [0, 0.05) is 19.0 Å². The van der Waals surface area contributed by atoms with Gasteiger partial charge in [-0.15, -0.1) is 0 Å². The van der Waals surface area contributed by atoms with Crippen molar-refractivity contribution in [2.24, 2.45) is 0 Å². The number of para-hydroxylation sites is 1. The van der Waals surface area contributed by atoms with Gasteiger partial charge in [-0.3, -0.25) is 4.79 Å². The minimum absolute atomic E-state index is 0.0583. The first kappa shape index (κ1) is 13.8. The highest BCUT2D eigenvalue weighted by Crippen LogP contribution is 2.43. The van der Waals surface area contributed by atoms with Gasteiger partial charge < -0.3 is 15.1 Å². The summed E-state index contributed by atoms with van der Waals surface area (Å²) in [6.07, 6.45) is -0.961. The lowest BCUT2D eigenvalue weighted by molar-refractivity contribution is -0.139. The zero-order valence-corrected chi connectivity index (χ0v) is 11.7. The van der Waals surface area contributed by atoms with Crippen molar-refractivity contribution in [2.75, 3.05) is 11.9 Å². The second-order valence-corrected chi connectivity index (χ2v) is 5.37. The van der Waals surface area contributed by atoms with Gasteiger partial charge in [-0.2, -0.15) is 0 Å². The van der Waals surface area contributed by atoms with Gasteiger partial charge in [-0.25, -0.2) is 0 Å². The molecule has 0 saturated heterocycles. The van der Waals surface area contributed by atoms with Crippen LogP contribution in [0.2, 0.25) is 0 Å². The first-order chi connectivity index (χ1) is 10.0. The first-order valence-corrected chi connectivity index (χ1v) is 6.87. The van der Waals surface area contributed by atoms with Gasteiger partial charge in [-0.05, 0) is 11.6 Å². The lowest BCUT2D eigenvalue weighted by atomic mass is 9.87. The van der Waals surface area contributed by atoms with Crippen molar-refractivity contribution < 1.29 is 15.0 Å². The highest BCUT2D eigenvalue weighted by atomic mass is 16.3. The van der Waals surface area contributed by atoms with E-state index in [0.29, 0.717) is 16.8 Å². The van der Waals surface area contributed by atoms with E-state index in [-0.39, 0.29) is 6.42 Å². The summed E-state index contributed by atoms with van der Waals surface area (Å²) in [4.78, 5) is 13.9. The average molecular weight is 283 g/mol. The fourth-order valence-corrected chi connectivity index (χ4v) is 2.89. The number of fused-ring (bicyclic) bond motifs is 1. The van der Waals surface area contributed by atoms with E-state index in [1.54, 1.807) is 37.4 Å². The first-order valence-electron chi connectivity index (χ1n) is 6.87. The normalized spacial score (nSPS) is 22.2. The van der Waals surface area contributed by atoms with E-state index >= 15 is 0 Å². The maximum atomic E-state index is 12.4. The molecule has 0 aromatic heterocycles. The molecule has 0 spiro atoms. The molecule has 1 amide bonds. The molecule has 108 valence electrons. The van der Waals surface area contributed by atoms with Crippen molar-refractivity contribution in [3.8, 4) is 0 Å². The van der Waals surface area contributed by atoms with E-state index in [0.717, 1.165) is 0 Å². The van der Waals surface area contributed by atoms with E-state index in [1.165, 1.54) is 4.90 Å². The summed E-state index contributed by atoms with van der Waals surface area (Å²) in [6, 6.07) is 16.2. The second kappa shape index (κ2) is 4.98. The fraction of sp³-hybridized carbons (Fsp3) is 0.235. The van der Waals surface area contributed by atoms with Crippen molar-refractivity contribution in [3.63, 3.8) is 0 Å². The van der Waals surface area contributed by atoms with Crippen molar-refractivity contribution in [2.45, 2.75) is 18.1 Å². The van der Waals surface area contributed by atoms with Gasteiger partial charge in [0.25, 0.3) is 5.91 Å². The average Bonchev–Trinajstić information content (AvgIpc) is 2.71. The molecule has 0 fully saturated rings. The highest BCUT2D eigenvalue weighted by molar-refractivity contribution is 6.06. The molecule has 0 saturated carbocycles. The van der Waals surface area contributed by atoms with Crippen molar-refractivity contribution in [1.82, 2.24) is 0 Å². The summed E-state index contributed by atoms with van der Waals surface area (Å²) < 4.78 is 0. The Balaban J connectivity index is 1.96. The monoisotopic (exact) mass is 283 g/mol. The van der Waals surface area contributed by atoms with Gasteiger partial charge in [0.05, 0.1) is 11.8 Å². The summed E-state index contributed by atoms with van der Waals surface area (Å²) in [5, 5.41) is 21.2. The molecule has 2 aromatic rings. The minimum atomic E-state index is -1.68. The third kappa shape index (κ3) is 2.13. The Morgan fingerprint density at radius 2 is 1.71 bits per heavy atom. The summed E-state index contributed by atoms with van der Waals surface area (Å²) in [6.45, 7) is 0. The van der Waals surface area contributed by atoms with Crippen LogP contribution in [0.5, 0.6) is 0 Å². The molecule has 4 nitrogen and oxygen atoms in total. The lowest BCUT2D eigenvalue weighted by Gasteiger charge is -2.25. The van der Waals surface area contributed by atoms with Crippen LogP contribution in [0.3, 0.4) is 0 Å². The van der Waals surface area contributed by atoms with Gasteiger partial charge >= 0.3 is 0 Å². The molecule has 1 heterocycles. The molecule has 4 heteroatoms. The van der Waals surface area contributed by atoms with Gasteiger partial charge in [0.15, 0.2) is 5.60 Å². The van der Waals surface area contributed by atoms with Crippen LogP contribution >= 0.6 is 0 Å². The quantitative estimate of drug-likeness (QED) is 0.905. The molecule has 0 aliphatic carbocycles. The Morgan fingerprint density at radius 3 is 2.43 bits per heavy atom. The number of hydrogen-bond donors (Lipinski definition) is 2. The molecule has 2 N–H and O–H groups in total. The summed E-state index contributed by atoms with van der Waals surface area (Å²) in [5.41, 5.74) is 0.240. The number of carbonyl (C=O) groups is 1. The SMILES string of the molecule is CN1C(=O)C(O)(CC(O)c2ccccc2)c2ccccc21. The van der Waals surface area contributed by atoms with Gasteiger partial charge in [0.1, 0.15) is 0 Å². The zero-order chi connectivity index (χ0) is 15.0. The highest BCUT2D eigenvalue weighted by Gasteiger charge is 2.49. The van der Waals surface area contributed by atoms with Crippen LogP contribution in [-0.2, 0) is 10.4 Å². The molecule has 3 rings (SSSR count). The van der Waals surface area contributed by atoms with E-state index in [9.17, 15) is 15.0 Å². The van der Waals surface area contributed by atoms with Crippen LogP contribution in [-0.4, -0.2) is 23.2 Å². The third-order valence-electron chi connectivity index (χ3n) is 4.04. The lowest BCUT2D eigenvalue weighted by Crippen LogP contribution is -2.39. The Hall–Kier alpha value is -2.17. The molecule has 21 heavy (non-hydrogen) atoms. The van der Waals surface area contributed by atoms with Crippen LogP contribution in [0, 0.1) is 0 Å². The van der Waals surface area contributed by atoms with Crippen molar-refractivity contribution in [3.05, 3.63) is 65.7 Å². The number of amides is 1. The second-order valence-electron chi connectivity index (χ2n) is 5.37. The molecule has 1 aliphatic heterocycles. The van der Waals surface area contributed by atoms with Crippen LogP contribution in [0.25, 0.3) is 0 Å². The molecule has 2 unspecified atom stereocenters. The Kier molecular flexibility index (Phi) is 3.27. The summed E-state index contributed by atoms with van der Waals surface area (Å²) in [7, 11) is 1.63. The van der Waals surface area contributed by atoms with Crippen LogP contribution in [0.4, 0.5) is 5.69 Å². The van der Waals surface area contributed by atoms with Crippen molar-refractivity contribution >= 4 is 11.6 Å². The molecule has 0 radical (unpaired) electrons. The third-order valence-corrected chi connectivity index (χ3v) is 4.04. The van der Waals surface area contributed by atoms with Crippen LogP contribution < -0.4 is 4.90 Å². The number of aliphatic hydroxyl groups excluding tert-OH is 1. The Morgan fingerprint density at radius 1 is 1.10 bits per heavy atom. The topological polar surface area (TPSA) is 60.8 Å². The smallest absolute Gasteiger partial charge is 0.263 e. The summed E-state index contributed by atoms with van der Waals surface area (Å²) >= 11 is 0. The van der Waals surface area contributed by atoms with E-state index in [4.69, 9.17) is 0 Å². The van der Waals surface area contributed by atoms with Gasteiger partial charge in [0.2, 0.25) is 0 Å². The van der Waals surface area contributed by atoms with E-state index in [1.807, 2.05) is 24.3 Å². The maximum Gasteiger partial charge on any atom is 0.263 e. The minimum Gasteiger partial charge on any atom is -0.388 e. The number of benzene rings is 2. The van der Waals surface area contributed by atoms with E-state index < -0.39 is 17.6 Å². The molecule has 2 aromatic carbocycles. The van der Waals surface area contributed by atoms with E-state index in [2.05, 4.69) is 0 Å². The number of aliphatic hydroxyl groups is 2. The fourth-order valence-electron chi connectivity index (χ4n) is 2.89. The Bertz CT molecular complexity index is 671. The number of anilines is 1. The molecular formula is C17H17NO3. The molecular weight excluding hydrogens is 266 g/mol. The zero-order valence-electron chi connectivity index (χ0n) is 11.7. The molecule has 2 atom stereocenters. The Labute approximate surface area is 123 Å². The molecule has 0 bridgehead atoms. The van der Waals surface area contributed by atoms with Crippen molar-refractivity contribution in [1.29, 1.82) is 0 Å². The number of carbonyl (C=O) groups excluding carboxylic acids is 1. The number of rotatable bonds is 3. The maximum absolute atomic E-state index is 12.4. The number of nitrogens with zero attached hydrogens (tertiary/aromatic N) is 1. The van der Waals surface area contributed by atoms with Crippen LogP contribution in [0.1, 0.15) is 23.7 Å². The number of likely N-dealkylation sites (N-methyl/N-ethyl adjacent to an activating group) is 1. The van der Waals surface area contributed by atoms with Crippen LogP contribution in [0.15, 0.2) is 54.6 Å².